The van der Waals surface area contributed by atoms with E-state index in [1.807, 2.05) is 18.7 Å². The van der Waals surface area contributed by atoms with E-state index in [-0.39, 0.29) is 35.8 Å². The number of aliphatic imine (C=N–C) groups is 1. The van der Waals surface area contributed by atoms with E-state index in [4.69, 9.17) is 0 Å². The zero-order valence-corrected chi connectivity index (χ0v) is 17.9. The largest absolute Gasteiger partial charge is 0.355 e. The topological polar surface area (TPSA) is 60.0 Å². The van der Waals surface area contributed by atoms with Crippen LogP contribution >= 0.6 is 24.0 Å². The summed E-state index contributed by atoms with van der Waals surface area (Å²) >= 11 is 0. The summed E-state index contributed by atoms with van der Waals surface area (Å²) in [6.45, 7) is 10.9. The summed E-state index contributed by atoms with van der Waals surface area (Å²) in [7, 11) is 1.81. The second-order valence-corrected chi connectivity index (χ2v) is 6.93. The van der Waals surface area contributed by atoms with Crippen molar-refractivity contribution in [2.24, 2.45) is 10.9 Å². The minimum absolute atomic E-state index is 0. The molecule has 1 amide bonds. The van der Waals surface area contributed by atoms with Crippen LogP contribution in [0, 0.1) is 5.92 Å². The Hall–Kier alpha value is -0.570. The van der Waals surface area contributed by atoms with Gasteiger partial charge in [-0.2, -0.15) is 0 Å². The maximum absolute atomic E-state index is 12.0. The van der Waals surface area contributed by atoms with Crippen molar-refractivity contribution >= 4 is 35.8 Å². The van der Waals surface area contributed by atoms with Crippen LogP contribution in [-0.2, 0) is 4.79 Å². The molecule has 1 saturated heterocycles. The van der Waals surface area contributed by atoms with Gasteiger partial charge >= 0.3 is 0 Å². The summed E-state index contributed by atoms with van der Waals surface area (Å²) in [6.07, 6.45) is 3.69. The minimum atomic E-state index is 0. The molecule has 0 spiro atoms. The van der Waals surface area contributed by atoms with Crippen molar-refractivity contribution in [2.75, 3.05) is 39.8 Å². The molecular weight excluding hydrogens is 417 g/mol. The van der Waals surface area contributed by atoms with Gasteiger partial charge in [-0.3, -0.25) is 14.7 Å². The Balaban J connectivity index is 0.00000288. The van der Waals surface area contributed by atoms with Crippen molar-refractivity contribution in [3.63, 3.8) is 0 Å². The Bertz CT molecular complexity index is 425. The van der Waals surface area contributed by atoms with Gasteiger partial charge in [-0.15, -0.1) is 24.0 Å². The molecule has 7 heteroatoms. The predicted octanol–water partition coefficient (Wildman–Crippen LogP) is 1.51. The molecule has 0 aromatic heterocycles. The number of carbonyl (C=O) groups excluding carboxylic acids is 1. The molecule has 2 N–H and O–H groups in total. The van der Waals surface area contributed by atoms with E-state index in [2.05, 4.69) is 27.4 Å². The number of carbonyl (C=O) groups is 1. The second kappa shape index (κ2) is 10.4. The number of hydrogen-bond acceptors (Lipinski definition) is 3. The van der Waals surface area contributed by atoms with E-state index < -0.39 is 0 Å². The van der Waals surface area contributed by atoms with Crippen LogP contribution < -0.4 is 10.6 Å². The maximum Gasteiger partial charge on any atom is 0.225 e. The summed E-state index contributed by atoms with van der Waals surface area (Å²) in [5, 5.41) is 6.86. The number of likely N-dealkylation sites (N-methyl/N-ethyl adjacent to an activating group) is 1. The van der Waals surface area contributed by atoms with Crippen LogP contribution in [0.4, 0.5) is 0 Å². The highest BCUT2D eigenvalue weighted by atomic mass is 127. The van der Waals surface area contributed by atoms with Gasteiger partial charge in [-0.1, -0.05) is 20.8 Å². The van der Waals surface area contributed by atoms with Crippen LogP contribution in [-0.4, -0.2) is 73.5 Å². The Morgan fingerprint density at radius 2 is 2.04 bits per heavy atom. The number of rotatable bonds is 7. The Labute approximate surface area is 163 Å². The maximum atomic E-state index is 12.0. The van der Waals surface area contributed by atoms with Crippen LogP contribution in [0.2, 0.25) is 0 Å². The number of halogens is 1. The number of nitrogens with zero attached hydrogens (tertiary/aromatic N) is 3. The molecular formula is C17H34IN5O. The molecule has 0 bridgehead atoms. The molecule has 1 saturated carbocycles. The van der Waals surface area contributed by atoms with Crippen LogP contribution in [0.5, 0.6) is 0 Å². The summed E-state index contributed by atoms with van der Waals surface area (Å²) in [4.78, 5) is 20.8. The molecule has 140 valence electrons. The van der Waals surface area contributed by atoms with Gasteiger partial charge in [0.15, 0.2) is 5.96 Å². The molecule has 1 aliphatic carbocycles. The van der Waals surface area contributed by atoms with E-state index in [1.165, 1.54) is 12.8 Å². The van der Waals surface area contributed by atoms with Gasteiger partial charge in [0.05, 0.1) is 0 Å². The molecule has 24 heavy (non-hydrogen) atoms. The minimum Gasteiger partial charge on any atom is -0.355 e. The number of amides is 1. The summed E-state index contributed by atoms with van der Waals surface area (Å²) < 4.78 is 0. The van der Waals surface area contributed by atoms with Crippen LogP contribution in [0.1, 0.15) is 40.0 Å². The fraction of sp³-hybridized carbons (Fsp3) is 0.882. The van der Waals surface area contributed by atoms with E-state index in [9.17, 15) is 4.79 Å². The van der Waals surface area contributed by atoms with Crippen molar-refractivity contribution in [1.29, 1.82) is 0 Å². The van der Waals surface area contributed by atoms with Crippen LogP contribution in [0.3, 0.4) is 0 Å². The molecule has 2 rings (SSSR count). The van der Waals surface area contributed by atoms with Gasteiger partial charge in [-0.05, 0) is 25.8 Å². The predicted molar refractivity (Wildman–Crippen MR) is 110 cm³/mol. The van der Waals surface area contributed by atoms with E-state index in [0.717, 1.165) is 51.1 Å². The van der Waals surface area contributed by atoms with Crippen molar-refractivity contribution < 1.29 is 4.79 Å². The molecule has 0 aromatic rings. The third-order valence-electron chi connectivity index (χ3n) is 4.72. The molecule has 0 radical (unpaired) electrons. The van der Waals surface area contributed by atoms with Gasteiger partial charge in [0.25, 0.3) is 0 Å². The van der Waals surface area contributed by atoms with Gasteiger partial charge in [0.1, 0.15) is 0 Å². The molecule has 1 unspecified atom stereocenters. The Kier molecular flexibility index (Phi) is 9.33. The SMILES string of the molecule is CCN(CCNC(=NC)NC1CCN(C(=O)C(C)C)C1)C1CC1.I. The first kappa shape index (κ1) is 21.5. The standard InChI is InChI=1S/C17H33N5O.HI/c1-5-21(15-6-7-15)11-9-19-17(18-4)20-14-8-10-22(12-14)16(23)13(2)3;/h13-15H,5-12H2,1-4H3,(H2,18,19,20);1H. The van der Waals surface area contributed by atoms with Crippen molar-refractivity contribution in [3.05, 3.63) is 0 Å². The third kappa shape index (κ3) is 6.38. The average Bonchev–Trinajstić information content (AvgIpc) is 3.28. The zero-order valence-electron chi connectivity index (χ0n) is 15.5. The van der Waals surface area contributed by atoms with Crippen molar-refractivity contribution in [1.82, 2.24) is 20.4 Å². The fourth-order valence-corrected chi connectivity index (χ4v) is 3.19. The first-order chi connectivity index (χ1) is 11.0. The van der Waals surface area contributed by atoms with Crippen molar-refractivity contribution in [2.45, 2.75) is 52.1 Å². The average molecular weight is 451 g/mol. The second-order valence-electron chi connectivity index (χ2n) is 6.93. The Morgan fingerprint density at radius 1 is 1.33 bits per heavy atom. The number of guanidine groups is 1. The first-order valence-corrected chi connectivity index (χ1v) is 9.05. The summed E-state index contributed by atoms with van der Waals surface area (Å²) in [6, 6.07) is 1.11. The van der Waals surface area contributed by atoms with E-state index in [1.54, 1.807) is 7.05 Å². The normalized spacial score (nSPS) is 21.2. The highest BCUT2D eigenvalue weighted by Crippen LogP contribution is 2.25. The molecule has 6 nitrogen and oxygen atoms in total. The highest BCUT2D eigenvalue weighted by Gasteiger charge is 2.29. The Morgan fingerprint density at radius 3 is 2.58 bits per heavy atom. The molecule has 2 fully saturated rings. The monoisotopic (exact) mass is 451 g/mol. The van der Waals surface area contributed by atoms with Gasteiger partial charge in [0, 0.05) is 51.2 Å². The quantitative estimate of drug-likeness (QED) is 0.350. The molecule has 0 aromatic carbocycles. The van der Waals surface area contributed by atoms with Crippen LogP contribution in [0.25, 0.3) is 0 Å². The molecule has 1 heterocycles. The van der Waals surface area contributed by atoms with E-state index >= 15 is 0 Å². The summed E-state index contributed by atoms with van der Waals surface area (Å²) in [5.41, 5.74) is 0. The highest BCUT2D eigenvalue weighted by molar-refractivity contribution is 14.0. The van der Waals surface area contributed by atoms with Gasteiger partial charge in [-0.25, -0.2) is 0 Å². The number of hydrogen-bond donors (Lipinski definition) is 2. The third-order valence-corrected chi connectivity index (χ3v) is 4.72. The first-order valence-electron chi connectivity index (χ1n) is 9.05. The smallest absolute Gasteiger partial charge is 0.225 e. The van der Waals surface area contributed by atoms with Crippen molar-refractivity contribution in [3.8, 4) is 0 Å². The lowest BCUT2D eigenvalue weighted by Crippen LogP contribution is -2.47. The van der Waals surface area contributed by atoms with Gasteiger partial charge in [0.2, 0.25) is 5.91 Å². The molecule has 2 aliphatic rings. The molecule has 1 atom stereocenters. The molecule has 1 aliphatic heterocycles. The fourth-order valence-electron chi connectivity index (χ4n) is 3.19. The van der Waals surface area contributed by atoms with Gasteiger partial charge < -0.3 is 15.5 Å². The lowest BCUT2D eigenvalue weighted by molar-refractivity contribution is -0.133. The number of nitrogens with one attached hydrogen (secondary N) is 2. The lowest BCUT2D eigenvalue weighted by atomic mass is 10.2. The number of likely N-dealkylation sites (tertiary alicyclic amines) is 1. The zero-order chi connectivity index (χ0) is 16.8. The summed E-state index contributed by atoms with van der Waals surface area (Å²) in [5.74, 6) is 1.18. The lowest BCUT2D eigenvalue weighted by Gasteiger charge is -2.22. The van der Waals surface area contributed by atoms with E-state index in [0.29, 0.717) is 6.04 Å². The van der Waals surface area contributed by atoms with Crippen LogP contribution in [0.15, 0.2) is 4.99 Å².